The number of sulfonamides is 1. The third kappa shape index (κ3) is 2.79. The van der Waals surface area contributed by atoms with E-state index in [4.69, 9.17) is 27.9 Å². The summed E-state index contributed by atoms with van der Waals surface area (Å²) in [6, 6.07) is 6.84. The molecule has 24 heavy (non-hydrogen) atoms. The van der Waals surface area contributed by atoms with E-state index in [1.165, 1.54) is 37.6 Å². The molecule has 0 amide bonds. The number of rotatable bonds is 4. The average molecular weight is 389 g/mol. The summed E-state index contributed by atoms with van der Waals surface area (Å²) in [5.74, 6) is -1.13. The molecule has 0 radical (unpaired) electrons. The highest BCUT2D eigenvalue weighted by molar-refractivity contribution is 7.92. The van der Waals surface area contributed by atoms with Gasteiger partial charge in [0.25, 0.3) is 10.0 Å². The van der Waals surface area contributed by atoms with Crippen LogP contribution in [-0.4, -0.2) is 20.5 Å². The maximum absolute atomic E-state index is 14.3. The quantitative estimate of drug-likeness (QED) is 0.694. The number of H-pyrrole nitrogens is 1. The molecule has 0 atom stereocenters. The van der Waals surface area contributed by atoms with Crippen LogP contribution in [0.4, 0.5) is 10.1 Å². The topological polar surface area (TPSA) is 71.2 Å². The predicted molar refractivity (Wildman–Crippen MR) is 92.1 cm³/mol. The van der Waals surface area contributed by atoms with Crippen molar-refractivity contribution in [3.63, 3.8) is 0 Å². The minimum atomic E-state index is -4.18. The fourth-order valence-corrected chi connectivity index (χ4v) is 4.03. The van der Waals surface area contributed by atoms with Crippen molar-refractivity contribution in [2.75, 3.05) is 11.8 Å². The highest BCUT2D eigenvalue weighted by Crippen LogP contribution is 2.35. The van der Waals surface area contributed by atoms with Crippen LogP contribution in [0.25, 0.3) is 10.9 Å². The van der Waals surface area contributed by atoms with E-state index >= 15 is 0 Å². The molecule has 0 aliphatic carbocycles. The Kier molecular flexibility index (Phi) is 4.33. The molecule has 3 rings (SSSR count). The average Bonchev–Trinajstić information content (AvgIpc) is 2.93. The van der Waals surface area contributed by atoms with Crippen LogP contribution in [0, 0.1) is 5.82 Å². The predicted octanol–water partition coefficient (Wildman–Crippen LogP) is 4.42. The van der Waals surface area contributed by atoms with Gasteiger partial charge in [-0.3, -0.25) is 4.72 Å². The molecule has 2 N–H and O–H groups in total. The summed E-state index contributed by atoms with van der Waals surface area (Å²) < 4.78 is 46.5. The number of anilines is 1. The van der Waals surface area contributed by atoms with Crippen LogP contribution in [0.1, 0.15) is 0 Å². The van der Waals surface area contributed by atoms with E-state index in [9.17, 15) is 12.8 Å². The zero-order valence-electron chi connectivity index (χ0n) is 12.2. The number of hydrogen-bond donors (Lipinski definition) is 2. The van der Waals surface area contributed by atoms with Gasteiger partial charge in [0, 0.05) is 11.6 Å². The molecule has 126 valence electrons. The van der Waals surface area contributed by atoms with Crippen molar-refractivity contribution in [1.82, 2.24) is 4.98 Å². The highest BCUT2D eigenvalue weighted by Gasteiger charge is 2.23. The van der Waals surface area contributed by atoms with Gasteiger partial charge in [0.05, 0.1) is 28.4 Å². The fraction of sp³-hybridized carbons (Fsp3) is 0.0667. The molecule has 0 spiro atoms. The Balaban J connectivity index is 2.10. The fourth-order valence-electron chi connectivity index (χ4n) is 2.31. The molecule has 0 bridgehead atoms. The molecule has 0 saturated heterocycles. The summed E-state index contributed by atoms with van der Waals surface area (Å²) in [6.07, 6.45) is 1.49. The van der Waals surface area contributed by atoms with Gasteiger partial charge in [0.1, 0.15) is 4.90 Å². The lowest BCUT2D eigenvalue weighted by Crippen LogP contribution is -2.15. The summed E-state index contributed by atoms with van der Waals surface area (Å²) in [4.78, 5) is 2.32. The lowest BCUT2D eigenvalue weighted by Gasteiger charge is -2.12. The minimum absolute atomic E-state index is 0.165. The highest BCUT2D eigenvalue weighted by atomic mass is 35.5. The van der Waals surface area contributed by atoms with Gasteiger partial charge in [-0.25, -0.2) is 12.8 Å². The molecule has 0 fully saturated rings. The molecular formula is C15H11Cl2FN2O3S. The van der Waals surface area contributed by atoms with E-state index in [0.29, 0.717) is 20.9 Å². The number of ether oxygens (including phenoxy) is 1. The van der Waals surface area contributed by atoms with Crippen molar-refractivity contribution >= 4 is 49.8 Å². The summed E-state index contributed by atoms with van der Waals surface area (Å²) in [5.41, 5.74) is 0.600. The summed E-state index contributed by atoms with van der Waals surface area (Å²) in [6.45, 7) is 0. The van der Waals surface area contributed by atoms with E-state index in [2.05, 4.69) is 9.71 Å². The number of fused-ring (bicyclic) bond motifs is 1. The van der Waals surface area contributed by atoms with Gasteiger partial charge >= 0.3 is 0 Å². The van der Waals surface area contributed by atoms with Gasteiger partial charge in [-0.05, 0) is 24.3 Å². The molecule has 0 aliphatic rings. The zero-order chi connectivity index (χ0) is 17.5. The molecule has 1 aromatic heterocycles. The Morgan fingerprint density at radius 2 is 1.92 bits per heavy atom. The first-order valence-corrected chi connectivity index (χ1v) is 8.89. The van der Waals surface area contributed by atoms with E-state index in [0.717, 1.165) is 6.07 Å². The van der Waals surface area contributed by atoms with E-state index in [1.807, 2.05) is 0 Å². The first kappa shape index (κ1) is 16.9. The normalized spacial score (nSPS) is 11.7. The van der Waals surface area contributed by atoms with Crippen LogP contribution in [0.3, 0.4) is 0 Å². The molecule has 5 nitrogen and oxygen atoms in total. The summed E-state index contributed by atoms with van der Waals surface area (Å²) in [5, 5.41) is 1.19. The number of aromatic amines is 1. The lowest BCUT2D eigenvalue weighted by molar-refractivity contribution is 0.380. The number of aromatic nitrogens is 1. The van der Waals surface area contributed by atoms with Crippen molar-refractivity contribution in [3.05, 3.63) is 52.4 Å². The Morgan fingerprint density at radius 3 is 2.62 bits per heavy atom. The molecule has 0 aliphatic heterocycles. The largest absolute Gasteiger partial charge is 0.494 e. The van der Waals surface area contributed by atoms with Crippen molar-refractivity contribution in [3.8, 4) is 5.75 Å². The third-order valence-corrected chi connectivity index (χ3v) is 5.41. The third-order valence-electron chi connectivity index (χ3n) is 3.42. The van der Waals surface area contributed by atoms with Crippen LogP contribution in [-0.2, 0) is 10.0 Å². The molecule has 0 unspecified atom stereocenters. The molecule has 3 aromatic rings. The maximum Gasteiger partial charge on any atom is 0.265 e. The molecular weight excluding hydrogens is 378 g/mol. The monoisotopic (exact) mass is 388 g/mol. The van der Waals surface area contributed by atoms with Crippen LogP contribution in [0.15, 0.2) is 41.4 Å². The summed E-state index contributed by atoms with van der Waals surface area (Å²) in [7, 11) is -2.93. The van der Waals surface area contributed by atoms with Crippen LogP contribution in [0.5, 0.6) is 5.75 Å². The maximum atomic E-state index is 14.3. The SMILES string of the molecule is COc1cccc(S(=O)(=O)Nc2ccc(Cl)c3c(Cl)c[nH]c23)c1F. The Labute approximate surface area is 147 Å². The summed E-state index contributed by atoms with van der Waals surface area (Å²) >= 11 is 12.1. The van der Waals surface area contributed by atoms with Crippen molar-refractivity contribution < 1.29 is 17.5 Å². The first-order valence-electron chi connectivity index (χ1n) is 6.65. The smallest absolute Gasteiger partial charge is 0.265 e. The Hall–Kier alpha value is -1.96. The molecule has 1 heterocycles. The van der Waals surface area contributed by atoms with E-state index in [-0.39, 0.29) is 11.4 Å². The second-order valence-electron chi connectivity index (χ2n) is 4.86. The van der Waals surface area contributed by atoms with Gasteiger partial charge in [-0.2, -0.15) is 0 Å². The van der Waals surface area contributed by atoms with Gasteiger partial charge in [0.2, 0.25) is 0 Å². The first-order chi connectivity index (χ1) is 11.3. The standard InChI is InChI=1S/C15H11Cl2FN2O3S/c1-23-11-3-2-4-12(14(11)18)24(21,22)20-10-6-5-8(16)13-9(17)7-19-15(10)13/h2-7,19-20H,1H3. The second-order valence-corrected chi connectivity index (χ2v) is 7.32. The van der Waals surface area contributed by atoms with Crippen LogP contribution < -0.4 is 9.46 Å². The van der Waals surface area contributed by atoms with Gasteiger partial charge in [0.15, 0.2) is 11.6 Å². The number of hydrogen-bond acceptors (Lipinski definition) is 3. The Morgan fingerprint density at radius 1 is 1.17 bits per heavy atom. The van der Waals surface area contributed by atoms with Crippen molar-refractivity contribution in [2.45, 2.75) is 4.90 Å². The van der Waals surface area contributed by atoms with E-state index in [1.54, 1.807) is 0 Å². The van der Waals surface area contributed by atoms with Crippen LogP contribution in [0.2, 0.25) is 10.0 Å². The van der Waals surface area contributed by atoms with Gasteiger partial charge in [-0.15, -0.1) is 0 Å². The zero-order valence-corrected chi connectivity index (χ0v) is 14.6. The lowest BCUT2D eigenvalue weighted by atomic mass is 10.2. The Bertz CT molecular complexity index is 1030. The number of benzene rings is 2. The number of halogens is 3. The molecule has 9 heteroatoms. The van der Waals surface area contributed by atoms with Crippen molar-refractivity contribution in [1.29, 1.82) is 0 Å². The van der Waals surface area contributed by atoms with Crippen LogP contribution >= 0.6 is 23.2 Å². The molecule has 0 saturated carbocycles. The van der Waals surface area contributed by atoms with E-state index < -0.39 is 20.7 Å². The second kappa shape index (κ2) is 6.16. The van der Waals surface area contributed by atoms with Crippen molar-refractivity contribution in [2.24, 2.45) is 0 Å². The number of methoxy groups -OCH3 is 1. The number of nitrogens with one attached hydrogen (secondary N) is 2. The van der Waals surface area contributed by atoms with Gasteiger partial charge in [-0.1, -0.05) is 29.3 Å². The molecule has 2 aromatic carbocycles. The van der Waals surface area contributed by atoms with Gasteiger partial charge < -0.3 is 9.72 Å². The minimum Gasteiger partial charge on any atom is -0.494 e.